The summed E-state index contributed by atoms with van der Waals surface area (Å²) in [6.07, 6.45) is -3.19. The van der Waals surface area contributed by atoms with Crippen LogP contribution in [-0.2, 0) is 38.4 Å². The molecule has 0 aliphatic carbocycles. The molecule has 0 saturated carbocycles. The lowest BCUT2D eigenvalue weighted by molar-refractivity contribution is -0.139. The van der Waals surface area contributed by atoms with Crippen molar-refractivity contribution >= 4 is 47.3 Å². The molecule has 0 bridgehead atoms. The zero-order valence-electron chi connectivity index (χ0n) is 24.3. The molecule has 242 valence electrons. The van der Waals surface area contributed by atoms with Gasteiger partial charge in [0.05, 0.1) is 12.7 Å². The molecular weight excluding hydrogens is 574 g/mol. The number of aliphatic hydroxyl groups is 2. The second-order valence-corrected chi connectivity index (χ2v) is 10.5. The maximum absolute atomic E-state index is 13.1. The van der Waals surface area contributed by atoms with Crippen LogP contribution in [0.15, 0.2) is 0 Å². The first-order valence-corrected chi connectivity index (χ1v) is 13.6. The summed E-state index contributed by atoms with van der Waals surface area (Å²) in [5, 5.41) is 42.9. The summed E-state index contributed by atoms with van der Waals surface area (Å²) in [6, 6.07) is -8.98. The van der Waals surface area contributed by atoms with Crippen molar-refractivity contribution in [2.45, 2.75) is 95.7 Å². The summed E-state index contributed by atoms with van der Waals surface area (Å²) in [7, 11) is 0. The van der Waals surface area contributed by atoms with Crippen LogP contribution in [0.2, 0.25) is 0 Å². The van der Waals surface area contributed by atoms with Crippen molar-refractivity contribution in [1.29, 1.82) is 0 Å². The van der Waals surface area contributed by atoms with Crippen LogP contribution in [0.4, 0.5) is 0 Å². The van der Waals surface area contributed by atoms with E-state index >= 15 is 0 Å². The Morgan fingerprint density at radius 3 is 1.63 bits per heavy atom. The van der Waals surface area contributed by atoms with Crippen molar-refractivity contribution in [3.63, 3.8) is 0 Å². The Morgan fingerprint density at radius 1 is 0.698 bits per heavy atom. The Hall–Kier alpha value is -4.32. The molecule has 7 atom stereocenters. The first kappa shape index (κ1) is 36.7. The van der Waals surface area contributed by atoms with Gasteiger partial charge in [0.15, 0.2) is 0 Å². The van der Waals surface area contributed by atoms with Gasteiger partial charge in [0.1, 0.15) is 36.3 Å². The molecule has 0 spiro atoms. The predicted octanol–water partition coefficient (Wildman–Crippen LogP) is -4.91. The fraction of sp³-hybridized carbons (Fsp3) is 0.680. The minimum absolute atomic E-state index is 0.336. The topological polar surface area (TPSA) is 295 Å². The number of hydrogen-bond donors (Lipinski definition) is 10. The van der Waals surface area contributed by atoms with Crippen LogP contribution in [0.25, 0.3) is 0 Å². The standard InChI is InChI=1S/C25H41N7O11/c1-10(2)18-24(42)29-14(6-8-17(36)37)21(39)27-11(3)20(38)28-13(5-7-16(26)35)22(40)32-19(12(4)34)25(43)30-15(9-33)23(41)31-18/h10-15,18-19,33-34H,5-9H2,1-4H3,(H2,26,35)(H,27,39)(H,28,38)(H,29,42)(H,30,43)(H,31,41)(H,32,40)(H,36,37)/t11-,12+,13-,14-,15-,18-,19-/m0/s1. The van der Waals surface area contributed by atoms with Gasteiger partial charge in [0.25, 0.3) is 0 Å². The summed E-state index contributed by atoms with van der Waals surface area (Å²) < 4.78 is 0. The van der Waals surface area contributed by atoms with Gasteiger partial charge >= 0.3 is 5.97 Å². The molecular formula is C25H41N7O11. The molecule has 18 heteroatoms. The van der Waals surface area contributed by atoms with Gasteiger partial charge in [-0.05, 0) is 32.6 Å². The summed E-state index contributed by atoms with van der Waals surface area (Å²) >= 11 is 0. The van der Waals surface area contributed by atoms with E-state index in [0.717, 1.165) is 6.92 Å². The van der Waals surface area contributed by atoms with Crippen molar-refractivity contribution in [1.82, 2.24) is 31.9 Å². The molecule has 0 radical (unpaired) electrons. The SMILES string of the molecule is CC(C)[C@@H]1NC(=O)[C@H](CO)NC(=O)[C@H]([C@@H](C)O)NC(=O)[C@H](CCC(N)=O)NC(=O)[C@H](C)NC(=O)[C@H](CCC(=O)O)NC1=O. The average molecular weight is 616 g/mol. The van der Waals surface area contributed by atoms with Crippen LogP contribution in [0.1, 0.15) is 53.4 Å². The van der Waals surface area contributed by atoms with Crippen molar-refractivity contribution in [3.8, 4) is 0 Å². The summed E-state index contributed by atoms with van der Waals surface area (Å²) in [5.74, 6) is -8.59. The van der Waals surface area contributed by atoms with Crippen LogP contribution in [-0.4, -0.2) is 112 Å². The number of hydrogen-bond acceptors (Lipinski definition) is 10. The zero-order valence-corrected chi connectivity index (χ0v) is 24.3. The lowest BCUT2D eigenvalue weighted by Crippen LogP contribution is -2.63. The van der Waals surface area contributed by atoms with Crippen molar-refractivity contribution in [2.24, 2.45) is 11.7 Å². The number of carbonyl (C=O) groups excluding carboxylic acids is 7. The van der Waals surface area contributed by atoms with Gasteiger partial charge in [-0.1, -0.05) is 13.8 Å². The van der Waals surface area contributed by atoms with Gasteiger partial charge in [0.2, 0.25) is 41.4 Å². The average Bonchev–Trinajstić information content (AvgIpc) is 2.91. The Balaban J connectivity index is 3.55. The number of carbonyl (C=O) groups is 8. The van der Waals surface area contributed by atoms with Crippen LogP contribution < -0.4 is 37.6 Å². The number of carboxylic acid groups (broad SMARTS) is 1. The minimum atomic E-state index is -1.70. The number of amides is 7. The van der Waals surface area contributed by atoms with Crippen molar-refractivity contribution in [3.05, 3.63) is 0 Å². The predicted molar refractivity (Wildman–Crippen MR) is 146 cm³/mol. The second kappa shape index (κ2) is 17.0. The first-order valence-electron chi connectivity index (χ1n) is 13.6. The summed E-state index contributed by atoms with van der Waals surface area (Å²) in [5.41, 5.74) is 5.17. The van der Waals surface area contributed by atoms with Crippen LogP contribution in [0.3, 0.4) is 0 Å². The highest BCUT2D eigenvalue weighted by Gasteiger charge is 2.36. The molecule has 1 rings (SSSR count). The summed E-state index contributed by atoms with van der Waals surface area (Å²) in [4.78, 5) is 101. The van der Waals surface area contributed by atoms with Crippen LogP contribution in [0, 0.1) is 5.92 Å². The fourth-order valence-electron chi connectivity index (χ4n) is 3.93. The number of carboxylic acids is 1. The number of aliphatic hydroxyl groups excluding tert-OH is 2. The molecule has 0 unspecified atom stereocenters. The van der Waals surface area contributed by atoms with E-state index in [4.69, 9.17) is 10.8 Å². The monoisotopic (exact) mass is 615 g/mol. The number of primary amides is 1. The molecule has 11 N–H and O–H groups in total. The van der Waals surface area contributed by atoms with Gasteiger partial charge < -0.3 is 53.0 Å². The lowest BCUT2D eigenvalue weighted by Gasteiger charge is -2.29. The lowest BCUT2D eigenvalue weighted by atomic mass is 10.0. The third-order valence-corrected chi connectivity index (χ3v) is 6.47. The number of rotatable bonds is 9. The molecule has 1 fully saturated rings. The third-order valence-electron chi connectivity index (χ3n) is 6.47. The van der Waals surface area contributed by atoms with E-state index in [1.54, 1.807) is 13.8 Å². The normalized spacial score (nSPS) is 27.3. The van der Waals surface area contributed by atoms with E-state index < -0.39 is 109 Å². The zero-order chi connectivity index (χ0) is 33.0. The van der Waals surface area contributed by atoms with Gasteiger partial charge in [-0.25, -0.2) is 0 Å². The Bertz CT molecular complexity index is 1060. The third kappa shape index (κ3) is 11.8. The highest BCUT2D eigenvalue weighted by molar-refractivity contribution is 5.98. The second-order valence-electron chi connectivity index (χ2n) is 10.5. The molecule has 1 aliphatic heterocycles. The maximum atomic E-state index is 13.1. The molecule has 43 heavy (non-hydrogen) atoms. The molecule has 7 amide bonds. The first-order chi connectivity index (χ1) is 20.0. The summed E-state index contributed by atoms with van der Waals surface area (Å²) in [6.45, 7) is 4.54. The highest BCUT2D eigenvalue weighted by atomic mass is 16.4. The van der Waals surface area contributed by atoms with Gasteiger partial charge in [-0.15, -0.1) is 0 Å². The number of aliphatic carboxylic acids is 1. The van der Waals surface area contributed by atoms with Crippen molar-refractivity contribution < 1.29 is 53.7 Å². The molecule has 0 aromatic rings. The molecule has 0 aromatic heterocycles. The molecule has 0 aromatic carbocycles. The Labute approximate surface area is 247 Å². The number of nitrogens with two attached hydrogens (primary N) is 1. The minimum Gasteiger partial charge on any atom is -0.481 e. The van der Waals surface area contributed by atoms with E-state index in [-0.39, 0.29) is 19.3 Å². The van der Waals surface area contributed by atoms with Crippen LogP contribution in [0.5, 0.6) is 0 Å². The molecule has 1 aliphatic rings. The molecule has 18 nitrogen and oxygen atoms in total. The van der Waals surface area contributed by atoms with E-state index in [1.807, 2.05) is 0 Å². The molecule has 1 heterocycles. The van der Waals surface area contributed by atoms with Crippen LogP contribution >= 0.6 is 0 Å². The van der Waals surface area contributed by atoms with Crippen molar-refractivity contribution in [2.75, 3.05) is 6.61 Å². The van der Waals surface area contributed by atoms with E-state index in [0.29, 0.717) is 0 Å². The Morgan fingerprint density at radius 2 is 1.14 bits per heavy atom. The van der Waals surface area contributed by atoms with Gasteiger partial charge in [0, 0.05) is 12.8 Å². The van der Waals surface area contributed by atoms with Gasteiger partial charge in [-0.3, -0.25) is 38.4 Å². The molecule has 1 saturated heterocycles. The number of nitrogens with one attached hydrogen (secondary N) is 6. The Kier molecular flexibility index (Phi) is 14.5. The van der Waals surface area contributed by atoms with E-state index in [1.165, 1.54) is 6.92 Å². The highest BCUT2D eigenvalue weighted by Crippen LogP contribution is 2.08. The van der Waals surface area contributed by atoms with Gasteiger partial charge in [-0.2, -0.15) is 0 Å². The fourth-order valence-corrected chi connectivity index (χ4v) is 3.93. The van der Waals surface area contributed by atoms with E-state index in [9.17, 15) is 48.6 Å². The smallest absolute Gasteiger partial charge is 0.303 e. The maximum Gasteiger partial charge on any atom is 0.303 e. The quantitative estimate of drug-likeness (QED) is 0.117. The van der Waals surface area contributed by atoms with E-state index in [2.05, 4.69) is 31.9 Å². The largest absolute Gasteiger partial charge is 0.481 e.